The summed E-state index contributed by atoms with van der Waals surface area (Å²) < 4.78 is 50.9. The maximum absolute atomic E-state index is 13.2. The molecule has 0 aromatic heterocycles. The van der Waals surface area contributed by atoms with E-state index in [2.05, 4.69) is 5.32 Å². The first-order valence-electron chi connectivity index (χ1n) is 4.89. The molecular formula is C11H13F4N. The lowest BCUT2D eigenvalue weighted by Crippen LogP contribution is -2.26. The fraction of sp³-hybridized carbons (Fsp3) is 0.455. The zero-order valence-corrected chi connectivity index (χ0v) is 8.81. The predicted molar refractivity (Wildman–Crippen MR) is 54.0 cm³/mol. The first-order valence-corrected chi connectivity index (χ1v) is 4.89. The van der Waals surface area contributed by atoms with Crippen molar-refractivity contribution < 1.29 is 17.6 Å². The Morgan fingerprint density at radius 3 is 2.44 bits per heavy atom. The van der Waals surface area contributed by atoms with Crippen LogP contribution >= 0.6 is 0 Å². The maximum Gasteiger partial charge on any atom is 0.332 e. The Morgan fingerprint density at radius 2 is 1.88 bits per heavy atom. The van der Waals surface area contributed by atoms with Crippen molar-refractivity contribution >= 4 is 0 Å². The van der Waals surface area contributed by atoms with Crippen LogP contribution in [0, 0.1) is 0 Å². The monoisotopic (exact) mass is 235 g/mol. The molecule has 0 spiro atoms. The van der Waals surface area contributed by atoms with Gasteiger partial charge in [-0.2, -0.15) is 8.78 Å². The highest BCUT2D eigenvalue weighted by atomic mass is 19.3. The molecule has 0 aliphatic rings. The van der Waals surface area contributed by atoms with Crippen LogP contribution in [-0.2, 0) is 12.3 Å². The van der Waals surface area contributed by atoms with Gasteiger partial charge in [-0.1, -0.05) is 24.3 Å². The molecule has 16 heavy (non-hydrogen) atoms. The van der Waals surface area contributed by atoms with E-state index in [1.165, 1.54) is 12.1 Å². The molecule has 0 radical (unpaired) electrons. The summed E-state index contributed by atoms with van der Waals surface area (Å²) in [5.74, 6) is -4.08. The minimum Gasteiger partial charge on any atom is -0.319 e. The topological polar surface area (TPSA) is 12.0 Å². The smallest absolute Gasteiger partial charge is 0.319 e. The summed E-state index contributed by atoms with van der Waals surface area (Å²) in [6.07, 6.45) is -3.38. The molecule has 0 bridgehead atoms. The SMILES string of the molecule is CNCCc1ccccc1C(F)(F)C(F)F. The molecule has 5 heteroatoms. The molecule has 1 rings (SSSR count). The van der Waals surface area contributed by atoms with Crippen LogP contribution in [0.25, 0.3) is 0 Å². The molecule has 1 N–H and O–H groups in total. The van der Waals surface area contributed by atoms with E-state index in [-0.39, 0.29) is 5.56 Å². The van der Waals surface area contributed by atoms with Crippen molar-refractivity contribution in [1.82, 2.24) is 5.32 Å². The van der Waals surface area contributed by atoms with Gasteiger partial charge in [0.25, 0.3) is 0 Å². The van der Waals surface area contributed by atoms with Gasteiger partial charge < -0.3 is 5.32 Å². The third-order valence-corrected chi connectivity index (χ3v) is 2.29. The number of benzene rings is 1. The number of halogens is 4. The molecule has 0 fully saturated rings. The van der Waals surface area contributed by atoms with Gasteiger partial charge in [0.1, 0.15) is 0 Å². The molecule has 1 aromatic rings. The molecule has 0 amide bonds. The summed E-state index contributed by atoms with van der Waals surface area (Å²) in [5.41, 5.74) is -0.331. The molecule has 90 valence electrons. The van der Waals surface area contributed by atoms with Crippen LogP contribution in [-0.4, -0.2) is 20.0 Å². The van der Waals surface area contributed by atoms with E-state index < -0.39 is 17.9 Å². The second kappa shape index (κ2) is 5.30. The van der Waals surface area contributed by atoms with Crippen LogP contribution in [0.1, 0.15) is 11.1 Å². The largest absolute Gasteiger partial charge is 0.332 e. The molecule has 0 saturated heterocycles. The van der Waals surface area contributed by atoms with Crippen LogP contribution in [0.15, 0.2) is 24.3 Å². The Hall–Kier alpha value is -1.10. The van der Waals surface area contributed by atoms with Gasteiger partial charge in [-0.15, -0.1) is 0 Å². The van der Waals surface area contributed by atoms with Crippen molar-refractivity contribution in [1.29, 1.82) is 0 Å². The number of likely N-dealkylation sites (N-methyl/N-ethyl adjacent to an activating group) is 1. The third-order valence-electron chi connectivity index (χ3n) is 2.29. The summed E-state index contributed by atoms with van der Waals surface area (Å²) in [5, 5.41) is 2.79. The molecule has 0 heterocycles. The Morgan fingerprint density at radius 1 is 1.25 bits per heavy atom. The van der Waals surface area contributed by atoms with Crippen LogP contribution in [0.3, 0.4) is 0 Å². The van der Waals surface area contributed by atoms with E-state index in [1.807, 2.05) is 0 Å². The fourth-order valence-electron chi connectivity index (χ4n) is 1.44. The van der Waals surface area contributed by atoms with Crippen molar-refractivity contribution in [3.63, 3.8) is 0 Å². The average Bonchev–Trinajstić information content (AvgIpc) is 2.26. The van der Waals surface area contributed by atoms with E-state index in [0.717, 1.165) is 6.07 Å². The Bertz CT molecular complexity index is 339. The second-order valence-corrected chi connectivity index (χ2v) is 3.43. The minimum absolute atomic E-state index is 0.252. The number of hydrogen-bond donors (Lipinski definition) is 1. The van der Waals surface area contributed by atoms with E-state index >= 15 is 0 Å². The van der Waals surface area contributed by atoms with Crippen molar-refractivity contribution in [2.75, 3.05) is 13.6 Å². The van der Waals surface area contributed by atoms with Gasteiger partial charge in [0.2, 0.25) is 0 Å². The molecule has 0 atom stereocenters. The standard InChI is InChI=1S/C11H13F4N/c1-16-7-6-8-4-2-3-5-9(8)11(14,15)10(12)13/h2-5,10,16H,6-7H2,1H3. The Balaban J connectivity index is 3.02. The summed E-state index contributed by atoms with van der Waals surface area (Å²) in [7, 11) is 1.67. The maximum atomic E-state index is 13.2. The summed E-state index contributed by atoms with van der Waals surface area (Å²) in [6, 6.07) is 5.41. The molecule has 0 aliphatic carbocycles. The molecule has 1 aromatic carbocycles. The van der Waals surface area contributed by atoms with Gasteiger partial charge in [-0.25, -0.2) is 8.78 Å². The molecule has 0 aliphatic heterocycles. The highest BCUT2D eigenvalue weighted by Gasteiger charge is 2.43. The summed E-state index contributed by atoms with van der Waals surface area (Å²) in [4.78, 5) is 0. The van der Waals surface area contributed by atoms with E-state index in [1.54, 1.807) is 13.1 Å². The Labute approximate surface area is 91.5 Å². The third kappa shape index (κ3) is 2.72. The molecular weight excluding hydrogens is 222 g/mol. The van der Waals surface area contributed by atoms with Gasteiger partial charge in [0.15, 0.2) is 0 Å². The number of alkyl halides is 4. The zero-order chi connectivity index (χ0) is 12.2. The molecule has 0 unspecified atom stereocenters. The van der Waals surface area contributed by atoms with Crippen molar-refractivity contribution in [2.45, 2.75) is 18.8 Å². The Kier molecular flexibility index (Phi) is 4.29. The quantitative estimate of drug-likeness (QED) is 0.774. The zero-order valence-electron chi connectivity index (χ0n) is 8.81. The van der Waals surface area contributed by atoms with Gasteiger partial charge in [-0.05, 0) is 25.6 Å². The van der Waals surface area contributed by atoms with E-state index in [4.69, 9.17) is 0 Å². The van der Waals surface area contributed by atoms with Crippen LogP contribution < -0.4 is 5.32 Å². The van der Waals surface area contributed by atoms with Crippen molar-refractivity contribution in [3.8, 4) is 0 Å². The number of nitrogens with one attached hydrogen (secondary N) is 1. The second-order valence-electron chi connectivity index (χ2n) is 3.43. The minimum atomic E-state index is -4.08. The average molecular weight is 235 g/mol. The van der Waals surface area contributed by atoms with Crippen molar-refractivity contribution in [3.05, 3.63) is 35.4 Å². The van der Waals surface area contributed by atoms with Crippen LogP contribution in [0.2, 0.25) is 0 Å². The van der Waals surface area contributed by atoms with Gasteiger partial charge in [0.05, 0.1) is 0 Å². The highest BCUT2D eigenvalue weighted by molar-refractivity contribution is 5.31. The first kappa shape index (κ1) is 13.0. The van der Waals surface area contributed by atoms with Crippen LogP contribution in [0.5, 0.6) is 0 Å². The lowest BCUT2D eigenvalue weighted by atomic mass is 9.99. The number of hydrogen-bond acceptors (Lipinski definition) is 1. The highest BCUT2D eigenvalue weighted by Crippen LogP contribution is 2.36. The van der Waals surface area contributed by atoms with Crippen LogP contribution in [0.4, 0.5) is 17.6 Å². The number of rotatable bonds is 5. The summed E-state index contributed by atoms with van der Waals surface area (Å²) >= 11 is 0. The normalized spacial score (nSPS) is 12.1. The van der Waals surface area contributed by atoms with E-state index in [9.17, 15) is 17.6 Å². The van der Waals surface area contributed by atoms with E-state index in [0.29, 0.717) is 13.0 Å². The van der Waals surface area contributed by atoms with Gasteiger partial charge in [-0.3, -0.25) is 0 Å². The van der Waals surface area contributed by atoms with Crippen molar-refractivity contribution in [2.24, 2.45) is 0 Å². The lowest BCUT2D eigenvalue weighted by Gasteiger charge is -2.19. The molecule has 1 nitrogen and oxygen atoms in total. The lowest BCUT2D eigenvalue weighted by molar-refractivity contribution is -0.135. The fourth-order valence-corrected chi connectivity index (χ4v) is 1.44. The van der Waals surface area contributed by atoms with Gasteiger partial charge in [0, 0.05) is 5.56 Å². The molecule has 0 saturated carbocycles. The summed E-state index contributed by atoms with van der Waals surface area (Å²) in [6.45, 7) is 0.469. The first-order chi connectivity index (χ1) is 7.50. The predicted octanol–water partition coefficient (Wildman–Crippen LogP) is 2.81. The van der Waals surface area contributed by atoms with Gasteiger partial charge >= 0.3 is 12.3 Å².